The fourth-order valence-corrected chi connectivity index (χ4v) is 3.27. The summed E-state index contributed by atoms with van der Waals surface area (Å²) in [6.07, 6.45) is 4.31. The molecular formula is C5H5N3NaS3. The van der Waals surface area contributed by atoms with Crippen molar-refractivity contribution in [3.05, 3.63) is 29.8 Å². The zero-order valence-electron chi connectivity index (χ0n) is 6.45. The van der Waals surface area contributed by atoms with Gasteiger partial charge in [-0.05, 0) is 20.6 Å². The average molecular weight is 226 g/mol. The van der Waals surface area contributed by atoms with Crippen LogP contribution in [0.1, 0.15) is 0 Å². The molecule has 0 saturated heterocycles. The summed E-state index contributed by atoms with van der Waals surface area (Å²) in [5, 5.41) is 4.16. The van der Waals surface area contributed by atoms with Gasteiger partial charge in [-0.15, -0.1) is 0 Å². The second-order valence-corrected chi connectivity index (χ2v) is 5.18. The van der Waals surface area contributed by atoms with Gasteiger partial charge in [0.15, 0.2) is 0 Å². The second-order valence-electron chi connectivity index (χ2n) is 1.33. The number of nitrogens with zero attached hydrogens (tertiary/aromatic N) is 3. The minimum Gasteiger partial charge on any atom is -0.225 e. The molecule has 12 heavy (non-hydrogen) atoms. The molecule has 2 heterocycles. The molecule has 0 atom stereocenters. The van der Waals surface area contributed by atoms with Gasteiger partial charge in [0.05, 0.1) is 0 Å². The molecule has 1 aromatic rings. The third kappa shape index (κ3) is 7.45. The van der Waals surface area contributed by atoms with E-state index in [0.29, 0.717) is 0 Å². The minimum atomic E-state index is 0. The van der Waals surface area contributed by atoms with Crippen LogP contribution in [0.5, 0.6) is 0 Å². The maximum absolute atomic E-state index is 3.56. The third-order valence-electron chi connectivity index (χ3n) is 0.645. The van der Waals surface area contributed by atoms with E-state index in [2.05, 4.69) is 25.8 Å². The summed E-state index contributed by atoms with van der Waals surface area (Å²) < 4.78 is 0. The summed E-state index contributed by atoms with van der Waals surface area (Å²) in [7, 11) is 5.34. The van der Waals surface area contributed by atoms with Gasteiger partial charge in [0.25, 0.3) is 0 Å². The molecule has 0 fully saturated rings. The normalized spacial score (nSPS) is 12.7. The van der Waals surface area contributed by atoms with Crippen molar-refractivity contribution in [2.24, 2.45) is 0 Å². The average Bonchev–Trinajstić information content (AvgIpc) is 2.64. The van der Waals surface area contributed by atoms with E-state index >= 15 is 0 Å². The van der Waals surface area contributed by atoms with Crippen LogP contribution in [0, 0.1) is 0 Å². The van der Waals surface area contributed by atoms with Crippen molar-refractivity contribution in [1.82, 2.24) is 15.0 Å². The molecule has 59 valence electrons. The number of hydrogen-bond acceptors (Lipinski definition) is 6. The van der Waals surface area contributed by atoms with E-state index in [0.717, 1.165) is 0 Å². The fraction of sp³-hybridized carbons (Fsp3) is 0. The molecule has 2 rings (SSSR count). The van der Waals surface area contributed by atoms with Crippen LogP contribution >= 0.6 is 31.4 Å². The summed E-state index contributed by atoms with van der Waals surface area (Å²) in [6.45, 7) is 0. The molecule has 0 N–H and O–H groups in total. The first-order valence-electron chi connectivity index (χ1n) is 2.69. The first kappa shape index (κ1) is 12.8. The molecule has 0 aromatic carbocycles. The predicted octanol–water partition coefficient (Wildman–Crippen LogP) is 1.99. The van der Waals surface area contributed by atoms with E-state index in [9.17, 15) is 0 Å². The van der Waals surface area contributed by atoms with Crippen LogP contribution in [0.25, 0.3) is 0 Å². The Morgan fingerprint density at radius 2 is 1.17 bits per heavy atom. The predicted molar refractivity (Wildman–Crippen MR) is 57.5 cm³/mol. The van der Waals surface area contributed by atoms with Gasteiger partial charge in [-0.1, -0.05) is 21.6 Å². The van der Waals surface area contributed by atoms with E-state index in [4.69, 9.17) is 0 Å². The van der Waals surface area contributed by atoms with E-state index in [-0.39, 0.29) is 29.6 Å². The maximum Gasteiger partial charge on any atom is 0.119 e. The topological polar surface area (TPSA) is 38.7 Å². The first-order valence-corrected chi connectivity index (χ1v) is 6.30. The standard InChI is InChI=1S/C3H3N3.C2H2S3.Na/c1-4-2-6-3-5-1;1-2-4-5-3-1;/h1-3H;1-2H;. The molecule has 7 heteroatoms. The molecule has 1 aliphatic heterocycles. The zero-order valence-corrected chi connectivity index (χ0v) is 10.9. The van der Waals surface area contributed by atoms with Crippen molar-refractivity contribution in [2.75, 3.05) is 0 Å². The zero-order chi connectivity index (χ0) is 7.78. The summed E-state index contributed by atoms with van der Waals surface area (Å²) >= 11 is 0. The van der Waals surface area contributed by atoms with Crippen LogP contribution in [-0.4, -0.2) is 44.5 Å². The van der Waals surface area contributed by atoms with Crippen LogP contribution in [0.15, 0.2) is 29.8 Å². The molecule has 3 nitrogen and oxygen atoms in total. The van der Waals surface area contributed by atoms with E-state index < -0.39 is 0 Å². The van der Waals surface area contributed by atoms with Gasteiger partial charge in [-0.3, -0.25) is 0 Å². The SMILES string of the molecule is C1=CSSS1.[Na].c1ncncn1. The summed E-state index contributed by atoms with van der Waals surface area (Å²) in [5.74, 6) is 0. The smallest absolute Gasteiger partial charge is 0.119 e. The number of hydrogen-bond donors (Lipinski definition) is 0. The van der Waals surface area contributed by atoms with Crippen molar-refractivity contribution < 1.29 is 0 Å². The Morgan fingerprint density at radius 1 is 0.750 bits per heavy atom. The van der Waals surface area contributed by atoms with Crippen LogP contribution < -0.4 is 0 Å². The minimum absolute atomic E-state index is 0. The molecule has 0 bridgehead atoms. The van der Waals surface area contributed by atoms with Crippen LogP contribution in [0.3, 0.4) is 0 Å². The maximum atomic E-state index is 3.56. The largest absolute Gasteiger partial charge is 0.225 e. The van der Waals surface area contributed by atoms with Gasteiger partial charge in [-0.25, -0.2) is 15.0 Å². The van der Waals surface area contributed by atoms with Crippen LogP contribution in [0.4, 0.5) is 0 Å². The third-order valence-corrected chi connectivity index (χ3v) is 4.02. The monoisotopic (exact) mass is 226 g/mol. The molecule has 0 aliphatic carbocycles. The van der Waals surface area contributed by atoms with Crippen molar-refractivity contribution >= 4 is 61.0 Å². The Labute approximate surface area is 105 Å². The molecule has 0 spiro atoms. The summed E-state index contributed by atoms with van der Waals surface area (Å²) in [6, 6.07) is 0. The van der Waals surface area contributed by atoms with E-state index in [1.54, 1.807) is 31.4 Å². The molecule has 1 radical (unpaired) electrons. The molecule has 0 saturated carbocycles. The van der Waals surface area contributed by atoms with E-state index in [1.807, 2.05) is 0 Å². The van der Waals surface area contributed by atoms with Gasteiger partial charge in [-0.2, -0.15) is 0 Å². The Balaban J connectivity index is 0.000000189. The molecule has 0 unspecified atom stereocenters. The van der Waals surface area contributed by atoms with Crippen molar-refractivity contribution in [2.45, 2.75) is 0 Å². The molecular weight excluding hydrogens is 221 g/mol. The second kappa shape index (κ2) is 9.88. The van der Waals surface area contributed by atoms with Crippen molar-refractivity contribution in [3.8, 4) is 0 Å². The van der Waals surface area contributed by atoms with Crippen LogP contribution in [0.2, 0.25) is 0 Å². The summed E-state index contributed by atoms with van der Waals surface area (Å²) in [4.78, 5) is 10.7. The van der Waals surface area contributed by atoms with Gasteiger partial charge in [0, 0.05) is 29.6 Å². The Bertz CT molecular complexity index is 176. The number of rotatable bonds is 0. The molecule has 1 aliphatic rings. The van der Waals surface area contributed by atoms with E-state index in [1.165, 1.54) is 19.0 Å². The molecule has 1 aromatic heterocycles. The number of aromatic nitrogens is 3. The van der Waals surface area contributed by atoms with Crippen molar-refractivity contribution in [3.63, 3.8) is 0 Å². The van der Waals surface area contributed by atoms with Crippen LogP contribution in [-0.2, 0) is 0 Å². The van der Waals surface area contributed by atoms with Gasteiger partial charge in [0.1, 0.15) is 19.0 Å². The molecule has 0 amide bonds. The Kier molecular flexibility index (Phi) is 10.5. The summed E-state index contributed by atoms with van der Waals surface area (Å²) in [5.41, 5.74) is 0. The quantitative estimate of drug-likeness (QED) is 0.497. The van der Waals surface area contributed by atoms with Crippen molar-refractivity contribution in [1.29, 1.82) is 0 Å². The Morgan fingerprint density at radius 3 is 1.33 bits per heavy atom. The van der Waals surface area contributed by atoms with Gasteiger partial charge < -0.3 is 0 Å². The fourth-order valence-electron chi connectivity index (χ4n) is 0.318. The van der Waals surface area contributed by atoms with Gasteiger partial charge in [0.2, 0.25) is 0 Å². The van der Waals surface area contributed by atoms with Gasteiger partial charge >= 0.3 is 0 Å². The first-order chi connectivity index (χ1) is 5.50. The Hall–Kier alpha value is 0.800.